The van der Waals surface area contributed by atoms with Gasteiger partial charge in [-0.25, -0.2) is 4.79 Å². The number of esters is 1. The lowest BCUT2D eigenvalue weighted by Gasteiger charge is -2.13. The number of carbonyl (C=O) groups excluding carboxylic acids is 1. The summed E-state index contributed by atoms with van der Waals surface area (Å²) in [6, 6.07) is 4.68. The molecule has 1 aromatic rings. The maximum Gasteiger partial charge on any atom is 0.337 e. The summed E-state index contributed by atoms with van der Waals surface area (Å²) in [7, 11) is 2.78. The van der Waals surface area contributed by atoms with Gasteiger partial charge in [0.25, 0.3) is 0 Å². The van der Waals surface area contributed by atoms with E-state index in [-0.39, 0.29) is 6.54 Å². The predicted octanol–water partition coefficient (Wildman–Crippen LogP) is 0.474. The molecule has 0 saturated heterocycles. The van der Waals surface area contributed by atoms with Gasteiger partial charge in [0.05, 0.1) is 25.9 Å². The van der Waals surface area contributed by atoms with Gasteiger partial charge in [0.15, 0.2) is 0 Å². The van der Waals surface area contributed by atoms with E-state index in [4.69, 9.17) is 10.5 Å². The molecule has 0 radical (unpaired) electrons. The van der Waals surface area contributed by atoms with Crippen LogP contribution in [0.25, 0.3) is 0 Å². The summed E-state index contributed by atoms with van der Waals surface area (Å²) < 4.78 is 9.65. The van der Waals surface area contributed by atoms with Gasteiger partial charge in [-0.05, 0) is 18.2 Å². The largest absolute Gasteiger partial charge is 0.496 e. The fraction of sp³-hybridized carbons (Fsp3) is 0.364. The van der Waals surface area contributed by atoms with Gasteiger partial charge in [-0.2, -0.15) is 0 Å². The second-order valence-corrected chi connectivity index (χ2v) is 3.20. The lowest BCUT2D eigenvalue weighted by atomic mass is 10.0. The van der Waals surface area contributed by atoms with Crippen molar-refractivity contribution in [1.29, 1.82) is 0 Å². The second kappa shape index (κ2) is 5.48. The third-order valence-corrected chi connectivity index (χ3v) is 2.23. The molecule has 5 nitrogen and oxygen atoms in total. The zero-order valence-electron chi connectivity index (χ0n) is 9.27. The molecule has 1 aromatic carbocycles. The molecule has 88 valence electrons. The van der Waals surface area contributed by atoms with Crippen molar-refractivity contribution in [2.75, 3.05) is 20.8 Å². The van der Waals surface area contributed by atoms with Gasteiger partial charge >= 0.3 is 5.97 Å². The Morgan fingerprint density at radius 2 is 2.19 bits per heavy atom. The van der Waals surface area contributed by atoms with Gasteiger partial charge in [-0.15, -0.1) is 0 Å². The number of rotatable bonds is 4. The van der Waals surface area contributed by atoms with Gasteiger partial charge in [-0.3, -0.25) is 0 Å². The first-order valence-electron chi connectivity index (χ1n) is 4.78. The van der Waals surface area contributed by atoms with E-state index in [0.29, 0.717) is 16.9 Å². The highest BCUT2D eigenvalue weighted by atomic mass is 16.5. The van der Waals surface area contributed by atoms with Crippen LogP contribution in [0.3, 0.4) is 0 Å². The molecule has 5 heteroatoms. The van der Waals surface area contributed by atoms with Crippen molar-refractivity contribution in [3.63, 3.8) is 0 Å². The Kier molecular flexibility index (Phi) is 4.28. The Morgan fingerprint density at radius 1 is 1.50 bits per heavy atom. The minimum Gasteiger partial charge on any atom is -0.496 e. The van der Waals surface area contributed by atoms with Crippen molar-refractivity contribution in [2.24, 2.45) is 5.73 Å². The first-order valence-corrected chi connectivity index (χ1v) is 4.78. The third-order valence-electron chi connectivity index (χ3n) is 2.23. The highest BCUT2D eigenvalue weighted by molar-refractivity contribution is 5.89. The molecular formula is C11H15NO4. The van der Waals surface area contributed by atoms with Crippen LogP contribution < -0.4 is 10.5 Å². The number of aliphatic hydroxyl groups is 1. The highest BCUT2D eigenvalue weighted by Gasteiger charge is 2.15. The van der Waals surface area contributed by atoms with Crippen LogP contribution in [0.1, 0.15) is 22.0 Å². The van der Waals surface area contributed by atoms with E-state index in [1.54, 1.807) is 12.1 Å². The molecular weight excluding hydrogens is 210 g/mol. The molecule has 0 aliphatic rings. The van der Waals surface area contributed by atoms with Crippen LogP contribution in [-0.2, 0) is 4.74 Å². The molecule has 0 unspecified atom stereocenters. The third kappa shape index (κ3) is 2.50. The second-order valence-electron chi connectivity index (χ2n) is 3.20. The minimum atomic E-state index is -0.862. The van der Waals surface area contributed by atoms with Gasteiger partial charge < -0.3 is 20.3 Å². The minimum absolute atomic E-state index is 0.0565. The lowest BCUT2D eigenvalue weighted by Crippen LogP contribution is -2.13. The topological polar surface area (TPSA) is 81.8 Å². The Morgan fingerprint density at radius 3 is 2.69 bits per heavy atom. The predicted molar refractivity (Wildman–Crippen MR) is 58.3 cm³/mol. The van der Waals surface area contributed by atoms with Crippen LogP contribution in [0.5, 0.6) is 5.75 Å². The zero-order chi connectivity index (χ0) is 12.1. The number of benzene rings is 1. The molecule has 0 heterocycles. The fourth-order valence-corrected chi connectivity index (χ4v) is 1.37. The molecule has 0 fully saturated rings. The summed E-state index contributed by atoms with van der Waals surface area (Å²) >= 11 is 0. The number of methoxy groups -OCH3 is 2. The van der Waals surface area contributed by atoms with E-state index < -0.39 is 12.1 Å². The van der Waals surface area contributed by atoms with E-state index in [9.17, 15) is 9.90 Å². The molecule has 0 aliphatic carbocycles. The zero-order valence-corrected chi connectivity index (χ0v) is 9.27. The molecule has 0 spiro atoms. The van der Waals surface area contributed by atoms with E-state index >= 15 is 0 Å². The number of hydrogen-bond donors (Lipinski definition) is 2. The number of ether oxygens (including phenoxy) is 2. The Balaban J connectivity index is 3.15. The van der Waals surface area contributed by atoms with Crippen molar-refractivity contribution in [2.45, 2.75) is 6.10 Å². The standard InChI is InChI=1S/C11H15NO4/c1-15-10-4-3-7(11(14)16-2)5-8(10)9(13)6-12/h3-5,9,13H,6,12H2,1-2H3/t9-/m0/s1. The van der Waals surface area contributed by atoms with Crippen molar-refractivity contribution in [1.82, 2.24) is 0 Å². The van der Waals surface area contributed by atoms with Gasteiger partial charge in [0, 0.05) is 12.1 Å². The quantitative estimate of drug-likeness (QED) is 0.728. The monoisotopic (exact) mass is 225 g/mol. The van der Waals surface area contributed by atoms with E-state index in [1.807, 2.05) is 0 Å². The molecule has 1 atom stereocenters. The highest BCUT2D eigenvalue weighted by Crippen LogP contribution is 2.26. The molecule has 0 aliphatic heterocycles. The van der Waals surface area contributed by atoms with Gasteiger partial charge in [0.1, 0.15) is 5.75 Å². The van der Waals surface area contributed by atoms with Crippen molar-refractivity contribution < 1.29 is 19.4 Å². The summed E-state index contributed by atoms with van der Waals surface area (Å²) in [4.78, 5) is 11.3. The summed E-state index contributed by atoms with van der Waals surface area (Å²) in [5, 5.41) is 9.66. The van der Waals surface area contributed by atoms with E-state index in [1.165, 1.54) is 20.3 Å². The lowest BCUT2D eigenvalue weighted by molar-refractivity contribution is 0.0600. The fourth-order valence-electron chi connectivity index (χ4n) is 1.37. The molecule has 0 saturated carbocycles. The Bertz CT molecular complexity index is 378. The Labute approximate surface area is 93.8 Å². The molecule has 0 bridgehead atoms. The summed E-state index contributed by atoms with van der Waals surface area (Å²) in [5.74, 6) is 0.0266. The van der Waals surface area contributed by atoms with Crippen LogP contribution >= 0.6 is 0 Å². The Hall–Kier alpha value is -1.59. The van der Waals surface area contributed by atoms with Crippen LogP contribution in [0, 0.1) is 0 Å². The maximum absolute atomic E-state index is 11.3. The first kappa shape index (κ1) is 12.5. The van der Waals surface area contributed by atoms with Crippen molar-refractivity contribution in [3.05, 3.63) is 29.3 Å². The molecule has 0 amide bonds. The molecule has 16 heavy (non-hydrogen) atoms. The summed E-state index contributed by atoms with van der Waals surface area (Å²) in [6.07, 6.45) is -0.862. The van der Waals surface area contributed by atoms with E-state index in [2.05, 4.69) is 4.74 Å². The molecule has 3 N–H and O–H groups in total. The van der Waals surface area contributed by atoms with Crippen LogP contribution in [0.15, 0.2) is 18.2 Å². The van der Waals surface area contributed by atoms with Crippen molar-refractivity contribution in [3.8, 4) is 5.75 Å². The number of hydrogen-bond acceptors (Lipinski definition) is 5. The van der Waals surface area contributed by atoms with Crippen LogP contribution in [-0.4, -0.2) is 31.8 Å². The maximum atomic E-state index is 11.3. The summed E-state index contributed by atoms with van der Waals surface area (Å²) in [6.45, 7) is 0.0565. The number of nitrogens with two attached hydrogens (primary N) is 1. The average molecular weight is 225 g/mol. The van der Waals surface area contributed by atoms with Crippen LogP contribution in [0.2, 0.25) is 0 Å². The average Bonchev–Trinajstić information content (AvgIpc) is 2.35. The molecule has 1 rings (SSSR count). The van der Waals surface area contributed by atoms with Crippen molar-refractivity contribution >= 4 is 5.97 Å². The van der Waals surface area contributed by atoms with Gasteiger partial charge in [0.2, 0.25) is 0 Å². The number of carbonyl (C=O) groups is 1. The first-order chi connectivity index (χ1) is 7.63. The van der Waals surface area contributed by atoms with Gasteiger partial charge in [-0.1, -0.05) is 0 Å². The molecule has 0 aromatic heterocycles. The number of aliphatic hydroxyl groups excluding tert-OH is 1. The summed E-state index contributed by atoms with van der Waals surface area (Å²) in [5.41, 5.74) is 6.20. The van der Waals surface area contributed by atoms with E-state index in [0.717, 1.165) is 0 Å². The normalized spacial score (nSPS) is 12.0. The van der Waals surface area contributed by atoms with Crippen LogP contribution in [0.4, 0.5) is 0 Å². The SMILES string of the molecule is COC(=O)c1ccc(OC)c([C@@H](O)CN)c1. The smallest absolute Gasteiger partial charge is 0.337 e.